The van der Waals surface area contributed by atoms with E-state index in [1.165, 1.54) is 0 Å². The smallest absolute Gasteiger partial charge is 0.259 e. The third-order valence-corrected chi connectivity index (χ3v) is 5.48. The van der Waals surface area contributed by atoms with E-state index in [4.69, 9.17) is 9.72 Å². The highest BCUT2D eigenvalue weighted by Gasteiger charge is 2.14. The summed E-state index contributed by atoms with van der Waals surface area (Å²) >= 11 is 0. The summed E-state index contributed by atoms with van der Waals surface area (Å²) in [6, 6.07) is 3.73. The molecular weight excluding hydrogens is 408 g/mol. The van der Waals surface area contributed by atoms with Crippen LogP contribution in [0.3, 0.4) is 0 Å². The fraction of sp³-hybridized carbons (Fsp3) is 0.318. The molecule has 1 saturated heterocycles. The van der Waals surface area contributed by atoms with Crippen LogP contribution in [0.4, 0.5) is 11.5 Å². The van der Waals surface area contributed by atoms with Crippen molar-refractivity contribution in [1.82, 2.24) is 34.6 Å². The van der Waals surface area contributed by atoms with Gasteiger partial charge in [0.1, 0.15) is 11.6 Å². The molecule has 0 atom stereocenters. The molecule has 32 heavy (non-hydrogen) atoms. The minimum absolute atomic E-state index is 0.205. The molecule has 10 nitrogen and oxygen atoms in total. The fourth-order valence-corrected chi connectivity index (χ4v) is 3.73. The van der Waals surface area contributed by atoms with Gasteiger partial charge in [-0.15, -0.1) is 0 Å². The molecule has 1 fully saturated rings. The van der Waals surface area contributed by atoms with Crippen LogP contribution in [0.15, 0.2) is 47.9 Å². The van der Waals surface area contributed by atoms with Gasteiger partial charge in [-0.3, -0.25) is 14.4 Å². The van der Waals surface area contributed by atoms with E-state index in [-0.39, 0.29) is 5.56 Å². The Morgan fingerprint density at radius 1 is 1.16 bits per heavy atom. The summed E-state index contributed by atoms with van der Waals surface area (Å²) in [5.41, 5.74) is 2.03. The molecule has 1 aliphatic rings. The van der Waals surface area contributed by atoms with Gasteiger partial charge in [0.05, 0.1) is 42.7 Å². The summed E-state index contributed by atoms with van der Waals surface area (Å²) in [5.74, 6) is 1.15. The Hall–Kier alpha value is -3.63. The number of ether oxygens (including phenoxy) is 1. The Morgan fingerprint density at radius 2 is 1.97 bits per heavy atom. The van der Waals surface area contributed by atoms with E-state index in [2.05, 4.69) is 30.3 Å². The second kappa shape index (κ2) is 8.85. The highest BCUT2D eigenvalue weighted by atomic mass is 16.5. The molecule has 0 aliphatic carbocycles. The second-order valence-corrected chi connectivity index (χ2v) is 7.72. The van der Waals surface area contributed by atoms with Gasteiger partial charge in [-0.1, -0.05) is 0 Å². The zero-order valence-electron chi connectivity index (χ0n) is 17.8. The van der Waals surface area contributed by atoms with E-state index in [1.54, 1.807) is 24.8 Å². The van der Waals surface area contributed by atoms with Crippen molar-refractivity contribution in [1.29, 1.82) is 0 Å². The Labute approximate surface area is 184 Å². The van der Waals surface area contributed by atoms with Crippen LogP contribution in [0, 0.1) is 6.92 Å². The van der Waals surface area contributed by atoms with Crippen molar-refractivity contribution >= 4 is 22.3 Å². The first-order valence-corrected chi connectivity index (χ1v) is 10.6. The van der Waals surface area contributed by atoms with E-state index < -0.39 is 0 Å². The third kappa shape index (κ3) is 4.36. The lowest BCUT2D eigenvalue weighted by Crippen LogP contribution is -2.38. The number of aromatic nitrogens is 6. The lowest BCUT2D eigenvalue weighted by molar-refractivity contribution is 0.0360. The lowest BCUT2D eigenvalue weighted by Gasteiger charge is -2.26. The monoisotopic (exact) mass is 432 g/mol. The number of fused-ring (bicyclic) bond motifs is 1. The fourth-order valence-electron chi connectivity index (χ4n) is 3.73. The largest absolute Gasteiger partial charge is 0.379 e. The highest BCUT2D eigenvalue weighted by molar-refractivity contribution is 5.94. The van der Waals surface area contributed by atoms with Crippen molar-refractivity contribution < 1.29 is 4.74 Å². The van der Waals surface area contributed by atoms with Gasteiger partial charge in [0.2, 0.25) is 0 Å². The van der Waals surface area contributed by atoms with Crippen LogP contribution in [0.2, 0.25) is 0 Å². The van der Waals surface area contributed by atoms with Gasteiger partial charge in [0, 0.05) is 50.0 Å². The zero-order valence-corrected chi connectivity index (χ0v) is 17.8. The van der Waals surface area contributed by atoms with Crippen molar-refractivity contribution in [3.8, 4) is 11.3 Å². The summed E-state index contributed by atoms with van der Waals surface area (Å²) in [6.07, 6.45) is 8.76. The minimum atomic E-state index is -0.205. The first-order chi connectivity index (χ1) is 15.7. The number of morpholine rings is 1. The first kappa shape index (κ1) is 20.3. The van der Waals surface area contributed by atoms with Crippen LogP contribution < -0.4 is 10.9 Å². The van der Waals surface area contributed by atoms with E-state index in [9.17, 15) is 4.79 Å². The number of hydrogen-bond acceptors (Lipinski definition) is 8. The number of aromatic amines is 1. The maximum Gasteiger partial charge on any atom is 0.259 e. The number of hydrogen-bond donors (Lipinski definition) is 2. The number of aryl methyl sites for hydroxylation is 1. The first-order valence-electron chi connectivity index (χ1n) is 10.6. The molecule has 0 spiro atoms. The summed E-state index contributed by atoms with van der Waals surface area (Å²) in [7, 11) is 0. The van der Waals surface area contributed by atoms with Crippen LogP contribution in [-0.2, 0) is 11.3 Å². The lowest BCUT2D eigenvalue weighted by atomic mass is 10.1. The normalized spacial score (nSPS) is 14.7. The highest BCUT2D eigenvalue weighted by Crippen LogP contribution is 2.27. The molecule has 1 aliphatic heterocycles. The van der Waals surface area contributed by atoms with Crippen molar-refractivity contribution in [2.24, 2.45) is 0 Å². The standard InChI is InChI=1S/C22H24N8O2/c1-15-24-11-17(12-25-15)19-10-16-2-3-23-22(31)20(16)21(28-19)27-18-13-26-30(14-18)5-4-29-6-8-32-9-7-29/h2-3,10-14H,4-9H2,1H3,(H,23,31)(H,27,28). The van der Waals surface area contributed by atoms with Gasteiger partial charge in [0.15, 0.2) is 0 Å². The van der Waals surface area contributed by atoms with Crippen molar-refractivity contribution in [3.05, 3.63) is 59.3 Å². The van der Waals surface area contributed by atoms with Crippen LogP contribution in [-0.4, -0.2) is 67.5 Å². The number of nitrogens with one attached hydrogen (secondary N) is 2. The van der Waals surface area contributed by atoms with Crippen LogP contribution >= 0.6 is 0 Å². The summed E-state index contributed by atoms with van der Waals surface area (Å²) in [5, 5.41) is 9.00. The van der Waals surface area contributed by atoms with Gasteiger partial charge >= 0.3 is 0 Å². The summed E-state index contributed by atoms with van der Waals surface area (Å²) < 4.78 is 7.29. The average Bonchev–Trinajstić information content (AvgIpc) is 3.26. The van der Waals surface area contributed by atoms with E-state index in [0.29, 0.717) is 22.7 Å². The number of pyridine rings is 2. The molecule has 0 saturated carbocycles. The van der Waals surface area contributed by atoms with Gasteiger partial charge in [0.25, 0.3) is 5.56 Å². The Bertz CT molecular complexity index is 1280. The molecule has 2 N–H and O–H groups in total. The summed E-state index contributed by atoms with van der Waals surface area (Å²) in [4.78, 5) is 30.9. The molecule has 0 radical (unpaired) electrons. The number of rotatable bonds is 6. The van der Waals surface area contributed by atoms with Gasteiger partial charge in [-0.05, 0) is 24.4 Å². The molecule has 5 heterocycles. The third-order valence-electron chi connectivity index (χ3n) is 5.48. The van der Waals surface area contributed by atoms with Crippen molar-refractivity contribution in [3.63, 3.8) is 0 Å². The molecule has 0 amide bonds. The Balaban J connectivity index is 1.42. The average molecular weight is 432 g/mol. The van der Waals surface area contributed by atoms with Gasteiger partial charge in [-0.2, -0.15) is 5.10 Å². The number of H-pyrrole nitrogens is 1. The zero-order chi connectivity index (χ0) is 21.9. The van der Waals surface area contributed by atoms with E-state index >= 15 is 0 Å². The minimum Gasteiger partial charge on any atom is -0.379 e. The van der Waals surface area contributed by atoms with Gasteiger partial charge < -0.3 is 15.0 Å². The Morgan fingerprint density at radius 3 is 2.78 bits per heavy atom. The molecule has 10 heteroatoms. The van der Waals surface area contributed by atoms with Gasteiger partial charge in [-0.25, -0.2) is 15.0 Å². The van der Waals surface area contributed by atoms with Crippen molar-refractivity contribution in [2.45, 2.75) is 13.5 Å². The van der Waals surface area contributed by atoms with Crippen LogP contribution in [0.1, 0.15) is 5.82 Å². The van der Waals surface area contributed by atoms with Crippen LogP contribution in [0.5, 0.6) is 0 Å². The molecule has 164 valence electrons. The molecule has 4 aromatic heterocycles. The molecule has 0 aromatic carbocycles. The quantitative estimate of drug-likeness (QED) is 0.475. The Kier molecular flexibility index (Phi) is 5.61. The SMILES string of the molecule is Cc1ncc(-c2cc3cc[nH]c(=O)c3c(Nc3cnn(CCN4CCOCC4)c3)n2)cn1. The number of nitrogens with zero attached hydrogens (tertiary/aromatic N) is 6. The van der Waals surface area contributed by atoms with E-state index in [1.807, 2.05) is 29.9 Å². The molecule has 5 rings (SSSR count). The van der Waals surface area contributed by atoms with E-state index in [0.717, 1.165) is 56.0 Å². The molecule has 0 bridgehead atoms. The predicted octanol–water partition coefficient (Wildman–Crippen LogP) is 1.96. The maximum atomic E-state index is 12.6. The number of anilines is 2. The maximum absolute atomic E-state index is 12.6. The predicted molar refractivity (Wildman–Crippen MR) is 121 cm³/mol. The molecule has 0 unspecified atom stereocenters. The second-order valence-electron chi connectivity index (χ2n) is 7.72. The molecular formula is C22H24N8O2. The summed E-state index contributed by atoms with van der Waals surface area (Å²) in [6.45, 7) is 6.97. The van der Waals surface area contributed by atoms with Crippen molar-refractivity contribution in [2.75, 3.05) is 38.2 Å². The topological polar surface area (TPSA) is 114 Å². The molecule has 4 aromatic rings. The van der Waals surface area contributed by atoms with Crippen LogP contribution in [0.25, 0.3) is 22.0 Å².